The lowest BCUT2D eigenvalue weighted by Gasteiger charge is -2.39. The van der Waals surface area contributed by atoms with E-state index in [9.17, 15) is 0 Å². The molecule has 0 saturated heterocycles. The van der Waals surface area contributed by atoms with Crippen molar-refractivity contribution < 1.29 is 0 Å². The summed E-state index contributed by atoms with van der Waals surface area (Å²) in [4.78, 5) is 2.43. The third-order valence-corrected chi connectivity index (χ3v) is 13.5. The van der Waals surface area contributed by atoms with E-state index in [4.69, 9.17) is 0 Å². The van der Waals surface area contributed by atoms with Gasteiger partial charge in [0.15, 0.2) is 0 Å². The van der Waals surface area contributed by atoms with Gasteiger partial charge in [-0.25, -0.2) is 0 Å². The Morgan fingerprint density at radius 1 is 0.509 bits per heavy atom. The van der Waals surface area contributed by atoms with E-state index in [1.54, 1.807) is 0 Å². The maximum Gasteiger partial charge on any atom is 0.0465 e. The van der Waals surface area contributed by atoms with E-state index in [-0.39, 0.29) is 5.41 Å². The molecule has 0 N–H and O–H groups in total. The lowest BCUT2D eigenvalue weighted by Crippen LogP contribution is -2.27. The first-order valence-electron chi connectivity index (χ1n) is 20.8. The normalized spacial score (nSPS) is 19.5. The quantitative estimate of drug-likeness (QED) is 0.152. The molecule has 1 nitrogen and oxygen atoms in total. The molecular weight excluding hydrogens is 663 g/mol. The van der Waals surface area contributed by atoms with E-state index in [2.05, 4.69) is 176 Å². The lowest BCUT2D eigenvalue weighted by molar-refractivity contribution is 0.132. The molecule has 2 fully saturated rings. The highest BCUT2D eigenvalue weighted by Gasteiger charge is 2.36. The molecule has 1 heteroatoms. The Hall–Kier alpha value is -5.40. The zero-order valence-electron chi connectivity index (χ0n) is 32.3. The Kier molecular flexibility index (Phi) is 8.70. The molecule has 55 heavy (non-hydrogen) atoms. The molecule has 0 aliphatic heterocycles. The molecule has 272 valence electrons. The van der Waals surface area contributed by atoms with Crippen LogP contribution in [0, 0.1) is 17.8 Å². The van der Waals surface area contributed by atoms with E-state index in [0.717, 1.165) is 29.1 Å². The van der Waals surface area contributed by atoms with Gasteiger partial charge in [0.25, 0.3) is 0 Å². The predicted molar refractivity (Wildman–Crippen MR) is 234 cm³/mol. The minimum Gasteiger partial charge on any atom is -0.310 e. The molecule has 2 saturated carbocycles. The van der Waals surface area contributed by atoms with Crippen LogP contribution in [-0.4, -0.2) is 0 Å². The molecule has 3 aliphatic rings. The van der Waals surface area contributed by atoms with Gasteiger partial charge in [-0.15, -0.1) is 0 Å². The molecule has 10 rings (SSSR count). The largest absolute Gasteiger partial charge is 0.310 e. The molecule has 2 atom stereocenters. The molecule has 7 aromatic rings. The zero-order valence-corrected chi connectivity index (χ0v) is 32.3. The number of benzene rings is 7. The van der Waals surface area contributed by atoms with Gasteiger partial charge in [0.2, 0.25) is 0 Å². The standard InChI is InChI=1S/C54H51N/c1-54(2)52-16-6-5-14-50(52)51-32-31-47(36-53(51)54)55(46-29-25-44(26-30-46)49-15-8-12-43-11-3-4-13-48(43)49)45-27-23-42(24-28-45)41-21-19-37(20-22-41)17-18-40-34-38-9-7-10-39(33-38)35-40/h3-6,8,11-16,19-32,36,38-40H,7,9-10,17-18,33-35H2,1-2H3. The number of hydrogen-bond acceptors (Lipinski definition) is 1. The van der Waals surface area contributed by atoms with Crippen molar-refractivity contribution in [2.24, 2.45) is 17.8 Å². The summed E-state index contributed by atoms with van der Waals surface area (Å²) in [6, 6.07) is 59.0. The van der Waals surface area contributed by atoms with Gasteiger partial charge < -0.3 is 4.90 Å². The lowest BCUT2D eigenvalue weighted by atomic mass is 9.67. The van der Waals surface area contributed by atoms with Crippen LogP contribution in [0.3, 0.4) is 0 Å². The SMILES string of the molecule is CC1(C)c2ccccc2-c2ccc(N(c3ccc(-c4ccc(CCC5CC6CCCC(C6)C5)cc4)cc3)c3ccc(-c4cccc5ccccc45)cc3)cc21. The number of aryl methyl sites for hydroxylation is 1. The van der Waals surface area contributed by atoms with Crippen LogP contribution >= 0.6 is 0 Å². The third-order valence-electron chi connectivity index (χ3n) is 13.5. The minimum absolute atomic E-state index is 0.0722. The van der Waals surface area contributed by atoms with Crippen molar-refractivity contribution in [3.8, 4) is 33.4 Å². The average Bonchev–Trinajstić information content (AvgIpc) is 3.46. The van der Waals surface area contributed by atoms with E-state index in [1.165, 1.54) is 118 Å². The van der Waals surface area contributed by atoms with Gasteiger partial charge in [-0.05, 0) is 147 Å². The van der Waals surface area contributed by atoms with E-state index < -0.39 is 0 Å². The summed E-state index contributed by atoms with van der Waals surface area (Å²) >= 11 is 0. The molecule has 2 bridgehead atoms. The fourth-order valence-corrected chi connectivity index (χ4v) is 10.7. The summed E-state index contributed by atoms with van der Waals surface area (Å²) in [5.41, 5.74) is 15.4. The topological polar surface area (TPSA) is 3.24 Å². The van der Waals surface area contributed by atoms with Crippen LogP contribution in [0.2, 0.25) is 0 Å². The Balaban J connectivity index is 0.952. The fraction of sp³-hybridized carbons (Fsp3) is 0.259. The predicted octanol–water partition coefficient (Wildman–Crippen LogP) is 15.1. The fourth-order valence-electron chi connectivity index (χ4n) is 10.7. The van der Waals surface area contributed by atoms with Crippen LogP contribution in [0.25, 0.3) is 44.2 Å². The summed E-state index contributed by atoms with van der Waals surface area (Å²) < 4.78 is 0. The van der Waals surface area contributed by atoms with Crippen molar-refractivity contribution in [1.82, 2.24) is 0 Å². The first kappa shape index (κ1) is 34.1. The summed E-state index contributed by atoms with van der Waals surface area (Å²) in [5, 5.41) is 2.55. The molecule has 3 aliphatic carbocycles. The molecule has 0 radical (unpaired) electrons. The van der Waals surface area contributed by atoms with Crippen molar-refractivity contribution in [2.45, 2.75) is 70.6 Å². The van der Waals surface area contributed by atoms with Gasteiger partial charge >= 0.3 is 0 Å². The Bertz CT molecular complexity index is 2450. The molecule has 0 amide bonds. The van der Waals surface area contributed by atoms with E-state index >= 15 is 0 Å². The van der Waals surface area contributed by atoms with Crippen molar-refractivity contribution >= 4 is 27.8 Å². The minimum atomic E-state index is -0.0722. The summed E-state index contributed by atoms with van der Waals surface area (Å²) in [7, 11) is 0. The van der Waals surface area contributed by atoms with Crippen LogP contribution in [0.4, 0.5) is 17.1 Å². The second kappa shape index (κ2) is 14.0. The second-order valence-corrected chi connectivity index (χ2v) is 17.3. The van der Waals surface area contributed by atoms with Crippen LogP contribution in [0.15, 0.2) is 158 Å². The Labute approximate surface area is 327 Å². The molecule has 2 unspecified atom stereocenters. The Morgan fingerprint density at radius 3 is 1.84 bits per heavy atom. The van der Waals surface area contributed by atoms with Gasteiger partial charge in [-0.2, -0.15) is 0 Å². The average molecular weight is 714 g/mol. The third kappa shape index (κ3) is 6.38. The Morgan fingerprint density at radius 2 is 1.09 bits per heavy atom. The van der Waals surface area contributed by atoms with Crippen molar-refractivity contribution in [3.63, 3.8) is 0 Å². The van der Waals surface area contributed by atoms with E-state index in [0.29, 0.717) is 0 Å². The first-order chi connectivity index (χ1) is 27.0. The van der Waals surface area contributed by atoms with Crippen molar-refractivity contribution in [1.29, 1.82) is 0 Å². The van der Waals surface area contributed by atoms with E-state index in [1.807, 2.05) is 0 Å². The highest BCUT2D eigenvalue weighted by molar-refractivity contribution is 5.97. The van der Waals surface area contributed by atoms with Crippen molar-refractivity contribution in [3.05, 3.63) is 174 Å². The highest BCUT2D eigenvalue weighted by Crippen LogP contribution is 2.51. The highest BCUT2D eigenvalue weighted by atomic mass is 15.1. The molecule has 0 heterocycles. The smallest absolute Gasteiger partial charge is 0.0465 e. The van der Waals surface area contributed by atoms with Gasteiger partial charge in [-0.1, -0.05) is 154 Å². The number of rotatable bonds is 8. The summed E-state index contributed by atoms with van der Waals surface area (Å²) in [6.45, 7) is 4.73. The monoisotopic (exact) mass is 713 g/mol. The number of anilines is 3. The summed E-state index contributed by atoms with van der Waals surface area (Å²) in [5.74, 6) is 2.96. The van der Waals surface area contributed by atoms with Crippen LogP contribution in [-0.2, 0) is 11.8 Å². The number of fused-ring (bicyclic) bond motifs is 6. The maximum atomic E-state index is 2.43. The van der Waals surface area contributed by atoms with Crippen LogP contribution < -0.4 is 4.90 Å². The van der Waals surface area contributed by atoms with Gasteiger partial charge in [0.1, 0.15) is 0 Å². The second-order valence-electron chi connectivity index (χ2n) is 17.3. The van der Waals surface area contributed by atoms with Crippen LogP contribution in [0.5, 0.6) is 0 Å². The van der Waals surface area contributed by atoms with Gasteiger partial charge in [-0.3, -0.25) is 0 Å². The molecule has 0 spiro atoms. The van der Waals surface area contributed by atoms with Crippen LogP contribution in [0.1, 0.15) is 75.5 Å². The molecule has 7 aromatic carbocycles. The zero-order chi connectivity index (χ0) is 36.9. The van der Waals surface area contributed by atoms with Gasteiger partial charge in [0.05, 0.1) is 0 Å². The summed E-state index contributed by atoms with van der Waals surface area (Å²) in [6.07, 6.45) is 11.5. The maximum absolute atomic E-state index is 2.43. The number of hydrogen-bond donors (Lipinski definition) is 0. The van der Waals surface area contributed by atoms with Crippen molar-refractivity contribution in [2.75, 3.05) is 4.90 Å². The molecule has 0 aromatic heterocycles. The number of nitrogens with zero attached hydrogens (tertiary/aromatic N) is 1. The van der Waals surface area contributed by atoms with Gasteiger partial charge in [0, 0.05) is 22.5 Å². The first-order valence-corrected chi connectivity index (χ1v) is 20.8. The molecular formula is C54H51N.